The molecule has 2 rings (SSSR count). The van der Waals surface area contributed by atoms with Crippen molar-refractivity contribution in [1.29, 1.82) is 0 Å². The Labute approximate surface area is 99.4 Å². The van der Waals surface area contributed by atoms with E-state index in [1.807, 2.05) is 18.4 Å². The van der Waals surface area contributed by atoms with Gasteiger partial charge in [0.25, 0.3) is 0 Å². The third kappa shape index (κ3) is 2.44. The van der Waals surface area contributed by atoms with Crippen molar-refractivity contribution < 1.29 is 14.3 Å². The van der Waals surface area contributed by atoms with Crippen molar-refractivity contribution in [3.63, 3.8) is 0 Å². The molecule has 1 saturated heterocycles. The second-order valence-electron chi connectivity index (χ2n) is 3.81. The van der Waals surface area contributed by atoms with Gasteiger partial charge in [0, 0.05) is 13.2 Å². The van der Waals surface area contributed by atoms with Gasteiger partial charge < -0.3 is 9.47 Å². The van der Waals surface area contributed by atoms with Crippen LogP contribution in [0.1, 0.15) is 40.9 Å². The number of esters is 1. The fourth-order valence-electron chi connectivity index (χ4n) is 2.01. The van der Waals surface area contributed by atoms with E-state index < -0.39 is 0 Å². The van der Waals surface area contributed by atoms with Crippen LogP contribution in [-0.2, 0) is 9.47 Å². The van der Waals surface area contributed by atoms with Crippen LogP contribution in [0.25, 0.3) is 0 Å². The zero-order chi connectivity index (χ0) is 11.4. The highest BCUT2D eigenvalue weighted by Crippen LogP contribution is 2.32. The summed E-state index contributed by atoms with van der Waals surface area (Å²) in [7, 11) is 0. The molecule has 0 bridgehead atoms. The van der Waals surface area contributed by atoms with E-state index >= 15 is 0 Å². The van der Waals surface area contributed by atoms with Crippen LogP contribution < -0.4 is 0 Å². The molecule has 0 unspecified atom stereocenters. The van der Waals surface area contributed by atoms with Gasteiger partial charge in [-0.3, -0.25) is 0 Å². The average Bonchev–Trinajstić information content (AvgIpc) is 2.79. The summed E-state index contributed by atoms with van der Waals surface area (Å²) in [5.41, 5.74) is 1.15. The molecule has 16 heavy (non-hydrogen) atoms. The number of carbonyl (C=O) groups excluding carboxylic acids is 1. The largest absolute Gasteiger partial charge is 0.462 e. The van der Waals surface area contributed by atoms with Crippen LogP contribution in [0, 0.1) is 0 Å². The van der Waals surface area contributed by atoms with Crippen LogP contribution in [-0.4, -0.2) is 25.8 Å². The van der Waals surface area contributed by atoms with Crippen LogP contribution >= 0.6 is 11.3 Å². The Hall–Kier alpha value is -0.870. The van der Waals surface area contributed by atoms with Gasteiger partial charge in [-0.15, -0.1) is 11.3 Å². The van der Waals surface area contributed by atoms with Crippen molar-refractivity contribution in [2.75, 3.05) is 19.8 Å². The molecule has 0 N–H and O–H groups in total. The van der Waals surface area contributed by atoms with Gasteiger partial charge in [-0.05, 0) is 42.7 Å². The van der Waals surface area contributed by atoms with Gasteiger partial charge in [-0.25, -0.2) is 4.79 Å². The minimum absolute atomic E-state index is 0.181. The molecule has 0 aromatic carbocycles. The highest BCUT2D eigenvalue weighted by molar-refractivity contribution is 7.12. The maximum atomic E-state index is 11.7. The summed E-state index contributed by atoms with van der Waals surface area (Å²) in [6.07, 6.45) is 2.01. The Bertz CT molecular complexity index is 353. The molecule has 0 radical (unpaired) electrons. The summed E-state index contributed by atoms with van der Waals surface area (Å²) in [5, 5.41) is 1.97. The summed E-state index contributed by atoms with van der Waals surface area (Å²) in [5.74, 6) is 0.276. The fourth-order valence-corrected chi connectivity index (χ4v) is 2.89. The predicted molar refractivity (Wildman–Crippen MR) is 63.1 cm³/mol. The van der Waals surface area contributed by atoms with Crippen LogP contribution in [0.3, 0.4) is 0 Å². The van der Waals surface area contributed by atoms with Gasteiger partial charge in [0.1, 0.15) is 4.88 Å². The molecule has 0 amide bonds. The lowest BCUT2D eigenvalue weighted by Crippen LogP contribution is -2.16. The monoisotopic (exact) mass is 240 g/mol. The van der Waals surface area contributed by atoms with Crippen LogP contribution in [0.4, 0.5) is 0 Å². The first kappa shape index (κ1) is 11.6. The van der Waals surface area contributed by atoms with E-state index in [9.17, 15) is 4.79 Å². The van der Waals surface area contributed by atoms with Crippen molar-refractivity contribution in [3.8, 4) is 0 Å². The summed E-state index contributed by atoms with van der Waals surface area (Å²) in [4.78, 5) is 12.5. The molecular formula is C12H16O3S. The third-order valence-electron chi connectivity index (χ3n) is 2.82. The van der Waals surface area contributed by atoms with Gasteiger partial charge in [-0.1, -0.05) is 0 Å². The van der Waals surface area contributed by atoms with E-state index in [1.165, 1.54) is 11.3 Å². The molecule has 0 atom stereocenters. The van der Waals surface area contributed by atoms with Crippen molar-refractivity contribution in [2.24, 2.45) is 0 Å². The second kappa shape index (κ2) is 5.46. The van der Waals surface area contributed by atoms with E-state index in [4.69, 9.17) is 9.47 Å². The van der Waals surface area contributed by atoms with Gasteiger partial charge in [0.15, 0.2) is 0 Å². The highest BCUT2D eigenvalue weighted by Gasteiger charge is 2.23. The van der Waals surface area contributed by atoms with Crippen LogP contribution in [0.15, 0.2) is 11.4 Å². The first-order valence-corrected chi connectivity index (χ1v) is 6.53. The van der Waals surface area contributed by atoms with Gasteiger partial charge in [0.2, 0.25) is 0 Å². The standard InChI is InChI=1S/C12H16O3S/c1-2-15-12(13)11-10(5-8-16-11)9-3-6-14-7-4-9/h5,8-9H,2-4,6-7H2,1H3. The first-order valence-electron chi connectivity index (χ1n) is 5.65. The number of rotatable bonds is 3. The van der Waals surface area contributed by atoms with Crippen molar-refractivity contribution in [2.45, 2.75) is 25.7 Å². The average molecular weight is 240 g/mol. The lowest BCUT2D eigenvalue weighted by Gasteiger charge is -2.22. The molecule has 1 aliphatic rings. The van der Waals surface area contributed by atoms with Gasteiger partial charge in [0.05, 0.1) is 6.61 Å². The maximum absolute atomic E-state index is 11.7. The Morgan fingerprint density at radius 1 is 1.56 bits per heavy atom. The maximum Gasteiger partial charge on any atom is 0.348 e. The van der Waals surface area contributed by atoms with E-state index in [-0.39, 0.29) is 5.97 Å². The summed E-state index contributed by atoms with van der Waals surface area (Å²) >= 11 is 1.48. The molecule has 3 nitrogen and oxygen atoms in total. The number of thiophene rings is 1. The predicted octanol–water partition coefficient (Wildman–Crippen LogP) is 2.82. The van der Waals surface area contributed by atoms with E-state index in [0.717, 1.165) is 36.5 Å². The zero-order valence-electron chi connectivity index (χ0n) is 9.40. The highest BCUT2D eigenvalue weighted by atomic mass is 32.1. The Kier molecular flexibility index (Phi) is 3.96. The molecule has 1 aromatic rings. The van der Waals surface area contributed by atoms with E-state index in [0.29, 0.717) is 12.5 Å². The quantitative estimate of drug-likeness (QED) is 0.762. The van der Waals surface area contributed by atoms with Gasteiger partial charge >= 0.3 is 5.97 Å². The smallest absolute Gasteiger partial charge is 0.348 e. The minimum Gasteiger partial charge on any atom is -0.462 e. The molecule has 1 fully saturated rings. The lowest BCUT2D eigenvalue weighted by atomic mass is 9.92. The Balaban J connectivity index is 2.14. The second-order valence-corrected chi connectivity index (χ2v) is 4.73. The summed E-state index contributed by atoms with van der Waals surface area (Å²) < 4.78 is 10.4. The molecule has 0 spiro atoms. The van der Waals surface area contributed by atoms with Crippen molar-refractivity contribution in [1.82, 2.24) is 0 Å². The zero-order valence-corrected chi connectivity index (χ0v) is 10.2. The molecule has 0 aliphatic carbocycles. The van der Waals surface area contributed by atoms with Crippen molar-refractivity contribution >= 4 is 17.3 Å². The summed E-state index contributed by atoms with van der Waals surface area (Å²) in [6, 6.07) is 2.05. The van der Waals surface area contributed by atoms with E-state index in [2.05, 4.69) is 0 Å². The molecule has 1 aliphatic heterocycles. The molecule has 0 saturated carbocycles. The normalized spacial score (nSPS) is 17.3. The number of hydrogen-bond donors (Lipinski definition) is 0. The number of ether oxygens (including phenoxy) is 2. The Morgan fingerprint density at radius 2 is 2.31 bits per heavy atom. The SMILES string of the molecule is CCOC(=O)c1sccc1C1CCOCC1. The van der Waals surface area contributed by atoms with Gasteiger partial charge in [-0.2, -0.15) is 0 Å². The van der Waals surface area contributed by atoms with Crippen LogP contribution in [0.5, 0.6) is 0 Å². The topological polar surface area (TPSA) is 35.5 Å². The number of carbonyl (C=O) groups is 1. The molecule has 88 valence electrons. The third-order valence-corrected chi connectivity index (χ3v) is 3.73. The van der Waals surface area contributed by atoms with Crippen LogP contribution in [0.2, 0.25) is 0 Å². The minimum atomic E-state index is -0.181. The Morgan fingerprint density at radius 3 is 3.00 bits per heavy atom. The molecular weight excluding hydrogens is 224 g/mol. The van der Waals surface area contributed by atoms with E-state index in [1.54, 1.807) is 0 Å². The molecule has 2 heterocycles. The van der Waals surface area contributed by atoms with Crippen molar-refractivity contribution in [3.05, 3.63) is 21.9 Å². The fraction of sp³-hybridized carbons (Fsp3) is 0.583. The first-order chi connectivity index (χ1) is 7.83. The molecule has 4 heteroatoms. The molecule has 1 aromatic heterocycles. The lowest BCUT2D eigenvalue weighted by molar-refractivity contribution is 0.0525. The number of hydrogen-bond acceptors (Lipinski definition) is 4. The summed E-state index contributed by atoms with van der Waals surface area (Å²) in [6.45, 7) is 3.86.